The molecule has 0 radical (unpaired) electrons. The molecule has 0 fully saturated rings. The molecule has 0 bridgehead atoms. The monoisotopic (exact) mass is 248 g/mol. The van der Waals surface area contributed by atoms with E-state index in [4.69, 9.17) is 10.5 Å². The molecule has 0 rings (SSSR count). The fourth-order valence-electron chi connectivity index (χ4n) is 1.87. The van der Waals surface area contributed by atoms with Crippen molar-refractivity contribution in [1.29, 1.82) is 0 Å². The molecule has 0 aliphatic carbocycles. The number of ether oxygens (including phenoxy) is 1. The number of hydrogen-bond donors (Lipinski definition) is 1. The smallest absolute Gasteiger partial charge is 0.0589 e. The van der Waals surface area contributed by atoms with Crippen LogP contribution in [-0.2, 0) is 4.74 Å². The Labute approximate surface area is 105 Å². The molecular formula is C12H28N2OS. The predicted molar refractivity (Wildman–Crippen MR) is 74.2 cm³/mol. The number of rotatable bonds is 10. The zero-order valence-corrected chi connectivity index (χ0v) is 12.1. The second-order valence-corrected chi connectivity index (χ2v) is 5.14. The third-order valence-corrected chi connectivity index (χ3v) is 3.75. The molecule has 0 heterocycles. The van der Waals surface area contributed by atoms with Gasteiger partial charge in [0.25, 0.3) is 0 Å². The van der Waals surface area contributed by atoms with Gasteiger partial charge in [-0.25, -0.2) is 0 Å². The van der Waals surface area contributed by atoms with Gasteiger partial charge in [-0.15, -0.1) is 0 Å². The van der Waals surface area contributed by atoms with E-state index in [9.17, 15) is 0 Å². The van der Waals surface area contributed by atoms with Crippen LogP contribution >= 0.6 is 11.8 Å². The summed E-state index contributed by atoms with van der Waals surface area (Å²) in [6.45, 7) is 7.03. The molecule has 16 heavy (non-hydrogen) atoms. The molecule has 0 amide bonds. The summed E-state index contributed by atoms with van der Waals surface area (Å²) in [4.78, 5) is 2.50. The van der Waals surface area contributed by atoms with E-state index < -0.39 is 0 Å². The lowest BCUT2D eigenvalue weighted by Gasteiger charge is -2.35. The first-order valence-electron chi connectivity index (χ1n) is 6.14. The third kappa shape index (κ3) is 6.09. The second kappa shape index (κ2) is 10.4. The highest BCUT2D eigenvalue weighted by atomic mass is 32.2. The summed E-state index contributed by atoms with van der Waals surface area (Å²) in [5, 5.41) is 0. The fourth-order valence-corrected chi connectivity index (χ4v) is 2.37. The summed E-state index contributed by atoms with van der Waals surface area (Å²) in [7, 11) is 1.76. The Morgan fingerprint density at radius 1 is 1.44 bits per heavy atom. The topological polar surface area (TPSA) is 38.5 Å². The largest absolute Gasteiger partial charge is 0.383 e. The van der Waals surface area contributed by atoms with Crippen LogP contribution in [0.25, 0.3) is 0 Å². The molecule has 0 aliphatic heterocycles. The van der Waals surface area contributed by atoms with E-state index in [0.29, 0.717) is 12.1 Å². The molecule has 2 N–H and O–H groups in total. The van der Waals surface area contributed by atoms with Gasteiger partial charge < -0.3 is 10.5 Å². The van der Waals surface area contributed by atoms with Crippen LogP contribution in [0.1, 0.15) is 26.7 Å². The van der Waals surface area contributed by atoms with Gasteiger partial charge >= 0.3 is 0 Å². The van der Waals surface area contributed by atoms with Gasteiger partial charge in [-0.3, -0.25) is 4.90 Å². The maximum Gasteiger partial charge on any atom is 0.0589 e. The van der Waals surface area contributed by atoms with E-state index in [1.807, 2.05) is 11.8 Å². The van der Waals surface area contributed by atoms with Crippen LogP contribution in [0.5, 0.6) is 0 Å². The third-order valence-electron chi connectivity index (χ3n) is 3.11. The van der Waals surface area contributed by atoms with Gasteiger partial charge in [0.2, 0.25) is 0 Å². The van der Waals surface area contributed by atoms with Crippen LogP contribution < -0.4 is 5.73 Å². The maximum absolute atomic E-state index is 5.89. The van der Waals surface area contributed by atoms with Crippen molar-refractivity contribution in [3.8, 4) is 0 Å². The van der Waals surface area contributed by atoms with E-state index in [1.165, 1.54) is 18.6 Å². The molecule has 98 valence electrons. The van der Waals surface area contributed by atoms with Crippen molar-refractivity contribution < 1.29 is 4.74 Å². The van der Waals surface area contributed by atoms with E-state index in [1.54, 1.807) is 7.11 Å². The van der Waals surface area contributed by atoms with Gasteiger partial charge in [-0.05, 0) is 31.8 Å². The molecule has 0 aliphatic rings. The molecule has 4 heteroatoms. The summed E-state index contributed by atoms with van der Waals surface area (Å²) in [6, 6.07) is 1.09. The molecule has 3 nitrogen and oxygen atoms in total. The Bertz CT molecular complexity index is 158. The average Bonchev–Trinajstić information content (AvgIpc) is 2.32. The molecule has 0 aromatic carbocycles. The highest BCUT2D eigenvalue weighted by molar-refractivity contribution is 7.98. The van der Waals surface area contributed by atoms with Crippen molar-refractivity contribution in [2.75, 3.05) is 38.8 Å². The Morgan fingerprint density at radius 3 is 2.56 bits per heavy atom. The minimum atomic E-state index is 0.498. The van der Waals surface area contributed by atoms with Gasteiger partial charge in [0.15, 0.2) is 0 Å². The highest BCUT2D eigenvalue weighted by Gasteiger charge is 2.20. The minimum absolute atomic E-state index is 0.498. The van der Waals surface area contributed by atoms with Crippen molar-refractivity contribution in [3.63, 3.8) is 0 Å². The van der Waals surface area contributed by atoms with Crippen LogP contribution in [0, 0.1) is 0 Å². The number of thioether (sulfide) groups is 1. The van der Waals surface area contributed by atoms with E-state index in [0.717, 1.165) is 19.7 Å². The Balaban J connectivity index is 4.29. The normalized spacial score (nSPS) is 15.4. The fraction of sp³-hybridized carbons (Fsp3) is 1.00. The molecule has 0 aromatic rings. The Hall–Kier alpha value is 0.230. The minimum Gasteiger partial charge on any atom is -0.383 e. The average molecular weight is 248 g/mol. The van der Waals surface area contributed by atoms with Crippen LogP contribution in [0.3, 0.4) is 0 Å². The molecular weight excluding hydrogens is 220 g/mol. The SMILES string of the molecule is CCC(C)N(CCOC)C(CN)CCSC. The molecule has 0 aromatic heterocycles. The predicted octanol–water partition coefficient (Wildman–Crippen LogP) is 1.81. The number of nitrogens with two attached hydrogens (primary N) is 1. The summed E-state index contributed by atoms with van der Waals surface area (Å²) < 4.78 is 5.18. The van der Waals surface area contributed by atoms with Crippen LogP contribution in [0.4, 0.5) is 0 Å². The van der Waals surface area contributed by atoms with Crippen LogP contribution in [0.2, 0.25) is 0 Å². The van der Waals surface area contributed by atoms with Gasteiger partial charge in [0.1, 0.15) is 0 Å². The maximum atomic E-state index is 5.89. The standard InChI is InChI=1S/C12H28N2OS/c1-5-11(2)14(7-8-15-3)12(10-13)6-9-16-4/h11-12H,5-10,13H2,1-4H3. The first-order chi connectivity index (χ1) is 7.71. The van der Waals surface area contributed by atoms with E-state index in [-0.39, 0.29) is 0 Å². The quantitative estimate of drug-likeness (QED) is 0.640. The summed E-state index contributed by atoms with van der Waals surface area (Å²) in [5.41, 5.74) is 5.89. The number of methoxy groups -OCH3 is 1. The van der Waals surface area contributed by atoms with Gasteiger partial charge in [0.05, 0.1) is 6.61 Å². The van der Waals surface area contributed by atoms with Gasteiger partial charge in [-0.1, -0.05) is 6.92 Å². The zero-order valence-electron chi connectivity index (χ0n) is 11.2. The zero-order chi connectivity index (χ0) is 12.4. The van der Waals surface area contributed by atoms with Crippen molar-refractivity contribution >= 4 is 11.8 Å². The number of hydrogen-bond acceptors (Lipinski definition) is 4. The lowest BCUT2D eigenvalue weighted by atomic mass is 10.1. The Morgan fingerprint density at radius 2 is 2.12 bits per heavy atom. The first kappa shape index (κ1) is 16.2. The summed E-state index contributed by atoms with van der Waals surface area (Å²) >= 11 is 1.89. The van der Waals surface area contributed by atoms with Crippen molar-refractivity contribution in [1.82, 2.24) is 4.90 Å². The highest BCUT2D eigenvalue weighted by Crippen LogP contribution is 2.13. The molecule has 0 saturated carbocycles. The lowest BCUT2D eigenvalue weighted by Crippen LogP contribution is -2.47. The van der Waals surface area contributed by atoms with E-state index >= 15 is 0 Å². The first-order valence-corrected chi connectivity index (χ1v) is 7.54. The van der Waals surface area contributed by atoms with E-state index in [2.05, 4.69) is 25.0 Å². The second-order valence-electron chi connectivity index (χ2n) is 4.16. The van der Waals surface area contributed by atoms with Crippen LogP contribution in [-0.4, -0.2) is 55.8 Å². The van der Waals surface area contributed by atoms with Gasteiger partial charge in [0, 0.05) is 32.3 Å². The van der Waals surface area contributed by atoms with Crippen molar-refractivity contribution in [2.24, 2.45) is 5.73 Å². The van der Waals surface area contributed by atoms with Gasteiger partial charge in [-0.2, -0.15) is 11.8 Å². The lowest BCUT2D eigenvalue weighted by molar-refractivity contribution is 0.0892. The Kier molecular flexibility index (Phi) is 10.5. The molecule has 2 unspecified atom stereocenters. The van der Waals surface area contributed by atoms with Crippen molar-refractivity contribution in [2.45, 2.75) is 38.8 Å². The molecule has 0 spiro atoms. The summed E-state index contributed by atoms with van der Waals surface area (Å²) in [6.07, 6.45) is 4.49. The van der Waals surface area contributed by atoms with Crippen LogP contribution in [0.15, 0.2) is 0 Å². The number of nitrogens with zero attached hydrogens (tertiary/aromatic N) is 1. The van der Waals surface area contributed by atoms with Crippen molar-refractivity contribution in [3.05, 3.63) is 0 Å². The summed E-state index contributed by atoms with van der Waals surface area (Å²) in [5.74, 6) is 1.18. The molecule has 0 saturated heterocycles. The molecule has 2 atom stereocenters.